The summed E-state index contributed by atoms with van der Waals surface area (Å²) >= 11 is 0. The molecule has 1 fully saturated rings. The highest BCUT2D eigenvalue weighted by Gasteiger charge is 2.20. The standard InChI is InChI=1S/C23H26N6O2/c1-27-25-23(24-26-27)20-9-11-21(12-10-20)31-18-22(30)29-16-14-28(15-17-29)13-5-8-19-6-3-2-4-7-19/h2-12H,13-18H2,1H3. The smallest absolute Gasteiger partial charge is 0.260 e. The number of benzene rings is 2. The molecule has 160 valence electrons. The van der Waals surface area contributed by atoms with Crippen molar-refractivity contribution in [3.8, 4) is 17.1 Å². The van der Waals surface area contributed by atoms with Gasteiger partial charge in [0.1, 0.15) is 5.75 Å². The SMILES string of the molecule is Cn1nnc(-c2ccc(OCC(=O)N3CCN(CC=Cc4ccccc4)CC3)cc2)n1. The lowest BCUT2D eigenvalue weighted by atomic mass is 10.2. The molecule has 0 bridgehead atoms. The number of tetrazole rings is 1. The van der Waals surface area contributed by atoms with Crippen molar-refractivity contribution in [2.24, 2.45) is 7.05 Å². The van der Waals surface area contributed by atoms with Crippen molar-refractivity contribution in [2.45, 2.75) is 0 Å². The van der Waals surface area contributed by atoms with Gasteiger partial charge in [-0.25, -0.2) is 0 Å². The first kappa shape index (κ1) is 20.7. The Labute approximate surface area is 181 Å². The molecule has 1 aromatic heterocycles. The van der Waals surface area contributed by atoms with Gasteiger partial charge in [0.15, 0.2) is 6.61 Å². The second kappa shape index (κ2) is 9.99. The molecule has 1 saturated heterocycles. The minimum absolute atomic E-state index is 0.0131. The van der Waals surface area contributed by atoms with Gasteiger partial charge >= 0.3 is 0 Å². The summed E-state index contributed by atoms with van der Waals surface area (Å²) in [6, 6.07) is 17.6. The lowest BCUT2D eigenvalue weighted by molar-refractivity contribution is -0.135. The van der Waals surface area contributed by atoms with E-state index in [0.29, 0.717) is 11.6 Å². The molecule has 0 N–H and O–H groups in total. The first-order chi connectivity index (χ1) is 15.2. The van der Waals surface area contributed by atoms with Gasteiger partial charge in [-0.15, -0.1) is 10.2 Å². The summed E-state index contributed by atoms with van der Waals surface area (Å²) in [5.74, 6) is 1.21. The van der Waals surface area contributed by atoms with Crippen molar-refractivity contribution < 1.29 is 9.53 Å². The summed E-state index contributed by atoms with van der Waals surface area (Å²) in [4.78, 5) is 18.1. The summed E-state index contributed by atoms with van der Waals surface area (Å²) < 4.78 is 5.68. The summed E-state index contributed by atoms with van der Waals surface area (Å²) in [5.41, 5.74) is 2.05. The zero-order chi connectivity index (χ0) is 21.5. The number of piperazine rings is 1. The van der Waals surface area contributed by atoms with Gasteiger partial charge in [-0.3, -0.25) is 9.69 Å². The van der Waals surface area contributed by atoms with Crippen LogP contribution in [0, 0.1) is 0 Å². The molecular formula is C23H26N6O2. The second-order valence-electron chi connectivity index (χ2n) is 7.41. The van der Waals surface area contributed by atoms with Gasteiger partial charge in [0.2, 0.25) is 5.82 Å². The maximum Gasteiger partial charge on any atom is 0.260 e. The largest absolute Gasteiger partial charge is 0.484 e. The number of aromatic nitrogens is 4. The Hall–Kier alpha value is -3.52. The van der Waals surface area contributed by atoms with Crippen molar-refractivity contribution >= 4 is 12.0 Å². The lowest BCUT2D eigenvalue weighted by Gasteiger charge is -2.34. The molecular weight excluding hydrogens is 392 g/mol. The van der Waals surface area contributed by atoms with E-state index in [2.05, 4.69) is 44.6 Å². The Morgan fingerprint density at radius 2 is 1.77 bits per heavy atom. The number of hydrogen-bond acceptors (Lipinski definition) is 6. The minimum atomic E-state index is 0.0131. The number of aryl methyl sites for hydroxylation is 1. The Bertz CT molecular complexity index is 1010. The van der Waals surface area contributed by atoms with E-state index in [0.717, 1.165) is 38.3 Å². The number of carbonyl (C=O) groups excluding carboxylic acids is 1. The molecule has 4 rings (SSSR count). The van der Waals surface area contributed by atoms with E-state index in [-0.39, 0.29) is 12.5 Å². The Morgan fingerprint density at radius 1 is 1.03 bits per heavy atom. The average Bonchev–Trinajstić information content (AvgIpc) is 3.25. The molecule has 1 aliphatic rings. The number of nitrogens with zero attached hydrogens (tertiary/aromatic N) is 6. The highest BCUT2D eigenvalue weighted by molar-refractivity contribution is 5.78. The van der Waals surface area contributed by atoms with E-state index in [4.69, 9.17) is 4.74 Å². The molecule has 1 aliphatic heterocycles. The fourth-order valence-corrected chi connectivity index (χ4v) is 3.42. The maximum atomic E-state index is 12.5. The van der Waals surface area contributed by atoms with Crippen molar-refractivity contribution in [2.75, 3.05) is 39.3 Å². The molecule has 0 spiro atoms. The van der Waals surface area contributed by atoms with Crippen LogP contribution < -0.4 is 4.74 Å². The molecule has 0 unspecified atom stereocenters. The highest BCUT2D eigenvalue weighted by atomic mass is 16.5. The van der Waals surface area contributed by atoms with Crippen molar-refractivity contribution in [1.82, 2.24) is 30.0 Å². The molecule has 1 amide bonds. The van der Waals surface area contributed by atoms with Crippen LogP contribution in [0.15, 0.2) is 60.7 Å². The van der Waals surface area contributed by atoms with Crippen LogP contribution in [0.4, 0.5) is 0 Å². The number of ether oxygens (including phenoxy) is 1. The molecule has 8 nitrogen and oxygen atoms in total. The lowest BCUT2D eigenvalue weighted by Crippen LogP contribution is -2.49. The van der Waals surface area contributed by atoms with Gasteiger partial charge in [-0.2, -0.15) is 4.80 Å². The topological polar surface area (TPSA) is 76.4 Å². The van der Waals surface area contributed by atoms with Crippen LogP contribution in [0.1, 0.15) is 5.56 Å². The maximum absolute atomic E-state index is 12.5. The summed E-state index contributed by atoms with van der Waals surface area (Å²) in [6.07, 6.45) is 4.31. The monoisotopic (exact) mass is 418 g/mol. The van der Waals surface area contributed by atoms with E-state index in [9.17, 15) is 4.79 Å². The van der Waals surface area contributed by atoms with E-state index in [1.165, 1.54) is 10.4 Å². The molecule has 31 heavy (non-hydrogen) atoms. The van der Waals surface area contributed by atoms with Gasteiger partial charge in [0.05, 0.1) is 7.05 Å². The zero-order valence-corrected chi connectivity index (χ0v) is 17.6. The van der Waals surface area contributed by atoms with E-state index in [1.807, 2.05) is 47.4 Å². The predicted octanol–water partition coefficient (Wildman–Crippen LogP) is 2.11. The van der Waals surface area contributed by atoms with Gasteiger partial charge in [-0.1, -0.05) is 42.5 Å². The number of carbonyl (C=O) groups is 1. The quantitative estimate of drug-likeness (QED) is 0.585. The fraction of sp³-hybridized carbons (Fsp3) is 0.304. The van der Waals surface area contributed by atoms with Crippen LogP contribution in [-0.4, -0.2) is 75.2 Å². The van der Waals surface area contributed by atoms with E-state index in [1.54, 1.807) is 7.05 Å². The molecule has 0 saturated carbocycles. The first-order valence-electron chi connectivity index (χ1n) is 10.4. The van der Waals surface area contributed by atoms with Gasteiger partial charge < -0.3 is 9.64 Å². The fourth-order valence-electron chi connectivity index (χ4n) is 3.42. The Balaban J connectivity index is 1.19. The number of rotatable bonds is 7. The normalized spacial score (nSPS) is 14.8. The van der Waals surface area contributed by atoms with Crippen LogP contribution in [0.3, 0.4) is 0 Å². The Morgan fingerprint density at radius 3 is 2.45 bits per heavy atom. The third-order valence-corrected chi connectivity index (χ3v) is 5.18. The molecule has 8 heteroatoms. The molecule has 0 aliphatic carbocycles. The summed E-state index contributed by atoms with van der Waals surface area (Å²) in [7, 11) is 1.72. The number of hydrogen-bond donors (Lipinski definition) is 0. The summed E-state index contributed by atoms with van der Waals surface area (Å²) in [5, 5.41) is 12.0. The van der Waals surface area contributed by atoms with Crippen LogP contribution in [0.2, 0.25) is 0 Å². The number of amides is 1. The van der Waals surface area contributed by atoms with Gasteiger partial charge in [-0.05, 0) is 35.0 Å². The molecule has 0 radical (unpaired) electrons. The summed E-state index contributed by atoms with van der Waals surface area (Å²) in [6.45, 7) is 4.10. The highest BCUT2D eigenvalue weighted by Crippen LogP contribution is 2.18. The molecule has 0 atom stereocenters. The predicted molar refractivity (Wildman–Crippen MR) is 118 cm³/mol. The van der Waals surface area contributed by atoms with E-state index < -0.39 is 0 Å². The third-order valence-electron chi connectivity index (χ3n) is 5.18. The molecule has 3 aromatic rings. The van der Waals surface area contributed by atoms with Crippen LogP contribution in [-0.2, 0) is 11.8 Å². The van der Waals surface area contributed by atoms with Crippen molar-refractivity contribution in [3.63, 3.8) is 0 Å². The van der Waals surface area contributed by atoms with Gasteiger partial charge in [0.25, 0.3) is 5.91 Å². The third kappa shape index (κ3) is 5.76. The average molecular weight is 419 g/mol. The minimum Gasteiger partial charge on any atom is -0.484 e. The second-order valence-corrected chi connectivity index (χ2v) is 7.41. The zero-order valence-electron chi connectivity index (χ0n) is 17.6. The van der Waals surface area contributed by atoms with Crippen LogP contribution >= 0.6 is 0 Å². The van der Waals surface area contributed by atoms with Crippen LogP contribution in [0.25, 0.3) is 17.5 Å². The van der Waals surface area contributed by atoms with Crippen molar-refractivity contribution in [1.29, 1.82) is 0 Å². The van der Waals surface area contributed by atoms with Crippen LogP contribution in [0.5, 0.6) is 5.75 Å². The van der Waals surface area contributed by atoms with E-state index >= 15 is 0 Å². The Kier molecular flexibility index (Phi) is 6.68. The molecule has 2 heterocycles. The molecule has 2 aromatic carbocycles. The van der Waals surface area contributed by atoms with Gasteiger partial charge in [0, 0.05) is 38.3 Å². The first-order valence-corrected chi connectivity index (χ1v) is 10.4. The van der Waals surface area contributed by atoms with Crippen molar-refractivity contribution in [3.05, 3.63) is 66.2 Å².